The third-order valence-corrected chi connectivity index (χ3v) is 9.28. The Balaban J connectivity index is 1.52. The van der Waals surface area contributed by atoms with Crippen LogP contribution < -0.4 is 5.56 Å². The number of fused-ring (bicyclic) bond motifs is 5. The van der Waals surface area contributed by atoms with Crippen LogP contribution in [-0.4, -0.2) is 36.1 Å². The normalized spacial score (nSPS) is 22.0. The van der Waals surface area contributed by atoms with Crippen molar-refractivity contribution in [2.75, 3.05) is 18.8 Å². The van der Waals surface area contributed by atoms with Crippen molar-refractivity contribution < 1.29 is 8.42 Å². The molecule has 5 rings (SSSR count). The molecule has 0 radical (unpaired) electrons. The molecule has 0 N–H and O–H groups in total. The Hall–Kier alpha value is -1.96. The van der Waals surface area contributed by atoms with Gasteiger partial charge in [0.1, 0.15) is 0 Å². The van der Waals surface area contributed by atoms with Crippen molar-refractivity contribution in [1.82, 2.24) is 8.87 Å². The van der Waals surface area contributed by atoms with Gasteiger partial charge in [-0.1, -0.05) is 25.1 Å². The minimum absolute atomic E-state index is 0.0496. The van der Waals surface area contributed by atoms with Crippen LogP contribution in [0.4, 0.5) is 0 Å². The van der Waals surface area contributed by atoms with E-state index in [1.54, 1.807) is 15.6 Å². The molecule has 2 bridgehead atoms. The number of thiophene rings is 1. The van der Waals surface area contributed by atoms with Crippen LogP contribution in [0, 0.1) is 5.92 Å². The lowest BCUT2D eigenvalue weighted by atomic mass is 9.84. The fraction of sp³-hybridized carbons (Fsp3) is 0.409. The molecule has 0 saturated carbocycles. The fourth-order valence-corrected chi connectivity index (χ4v) is 7.52. The molecule has 1 fully saturated rings. The first-order chi connectivity index (χ1) is 14.0. The van der Waals surface area contributed by atoms with Crippen LogP contribution in [0.1, 0.15) is 31.4 Å². The summed E-state index contributed by atoms with van der Waals surface area (Å²) >= 11 is 1.64. The molecule has 152 valence electrons. The van der Waals surface area contributed by atoms with Crippen LogP contribution >= 0.6 is 11.3 Å². The van der Waals surface area contributed by atoms with Gasteiger partial charge in [0, 0.05) is 40.8 Å². The Bertz CT molecular complexity index is 1210. The van der Waals surface area contributed by atoms with E-state index in [1.165, 1.54) is 4.70 Å². The Labute approximate surface area is 174 Å². The van der Waals surface area contributed by atoms with Crippen LogP contribution in [0.5, 0.6) is 0 Å². The molecule has 0 aliphatic carbocycles. The monoisotopic (exact) mass is 428 g/mol. The summed E-state index contributed by atoms with van der Waals surface area (Å²) in [5, 5.41) is 1.16. The Kier molecular flexibility index (Phi) is 4.64. The molecule has 4 heterocycles. The molecule has 1 saturated heterocycles. The summed E-state index contributed by atoms with van der Waals surface area (Å²) in [4.78, 5) is 14.3. The molecule has 3 aromatic rings. The quantitative estimate of drug-likeness (QED) is 0.633. The van der Waals surface area contributed by atoms with E-state index in [0.717, 1.165) is 27.9 Å². The van der Waals surface area contributed by atoms with Gasteiger partial charge in [-0.2, -0.15) is 0 Å². The maximum absolute atomic E-state index is 13.3. The first-order valence-electron chi connectivity index (χ1n) is 10.2. The summed E-state index contributed by atoms with van der Waals surface area (Å²) < 4.78 is 29.9. The number of benzene rings is 1. The van der Waals surface area contributed by atoms with Crippen LogP contribution in [0.15, 0.2) is 47.3 Å². The molecule has 2 unspecified atom stereocenters. The average Bonchev–Trinajstić information content (AvgIpc) is 3.12. The van der Waals surface area contributed by atoms with E-state index >= 15 is 0 Å². The van der Waals surface area contributed by atoms with Crippen LogP contribution in [0.3, 0.4) is 0 Å². The van der Waals surface area contributed by atoms with Crippen molar-refractivity contribution in [3.8, 4) is 10.4 Å². The highest BCUT2D eigenvalue weighted by atomic mass is 32.2. The molecule has 2 aromatic heterocycles. The van der Waals surface area contributed by atoms with E-state index in [4.69, 9.17) is 0 Å². The number of nitrogens with zero attached hydrogens (tertiary/aromatic N) is 2. The van der Waals surface area contributed by atoms with Gasteiger partial charge in [-0.05, 0) is 48.4 Å². The van der Waals surface area contributed by atoms with Crippen LogP contribution in [0.2, 0.25) is 0 Å². The highest BCUT2D eigenvalue weighted by molar-refractivity contribution is 7.89. The minimum atomic E-state index is -3.21. The number of hydrogen-bond acceptors (Lipinski definition) is 4. The van der Waals surface area contributed by atoms with Gasteiger partial charge in [0.2, 0.25) is 10.0 Å². The van der Waals surface area contributed by atoms with Gasteiger partial charge in [0.05, 0.1) is 11.3 Å². The molecule has 2 aliphatic heterocycles. The van der Waals surface area contributed by atoms with Crippen molar-refractivity contribution in [1.29, 1.82) is 0 Å². The van der Waals surface area contributed by atoms with Crippen molar-refractivity contribution in [3.05, 3.63) is 58.5 Å². The standard InChI is InChI=1S/C22H24N2O3S2/c1-2-9-29(26,27)23-12-15-10-17(14-23)19-8-7-18(22(25)24(19)13-15)21-11-16-5-3-4-6-20(16)28-21/h3-8,11,15,17H,2,9-10,12-14H2,1H3. The summed E-state index contributed by atoms with van der Waals surface area (Å²) in [6.07, 6.45) is 1.59. The molecule has 2 atom stereocenters. The highest BCUT2D eigenvalue weighted by Crippen LogP contribution is 2.38. The number of sulfonamides is 1. The predicted molar refractivity (Wildman–Crippen MR) is 118 cm³/mol. The number of aromatic nitrogens is 1. The van der Waals surface area contributed by atoms with Gasteiger partial charge in [-0.25, -0.2) is 12.7 Å². The summed E-state index contributed by atoms with van der Waals surface area (Å²) in [6, 6.07) is 14.2. The molecule has 2 aliphatic rings. The maximum atomic E-state index is 13.3. The van der Waals surface area contributed by atoms with Gasteiger partial charge in [0.15, 0.2) is 0 Å². The Morgan fingerprint density at radius 2 is 1.93 bits per heavy atom. The summed E-state index contributed by atoms with van der Waals surface area (Å²) in [7, 11) is -3.21. The van der Waals surface area contributed by atoms with Gasteiger partial charge < -0.3 is 4.57 Å². The van der Waals surface area contributed by atoms with Crippen LogP contribution in [0.25, 0.3) is 20.5 Å². The second kappa shape index (κ2) is 7.07. The van der Waals surface area contributed by atoms with Crippen molar-refractivity contribution >= 4 is 31.4 Å². The van der Waals surface area contributed by atoms with Gasteiger partial charge in [-0.3, -0.25) is 4.79 Å². The molecule has 7 heteroatoms. The number of piperidine rings is 1. The SMILES string of the molecule is CCCS(=O)(=O)N1CC2CC(C1)c1ccc(-c3cc4ccccc4s3)c(=O)n1C2. The predicted octanol–water partition coefficient (Wildman–Crippen LogP) is 3.89. The lowest BCUT2D eigenvalue weighted by molar-refractivity contribution is 0.186. The van der Waals surface area contributed by atoms with Crippen molar-refractivity contribution in [3.63, 3.8) is 0 Å². The molecule has 0 amide bonds. The second-order valence-corrected chi connectivity index (χ2v) is 11.3. The average molecular weight is 429 g/mol. The van der Waals surface area contributed by atoms with Gasteiger partial charge in [-0.15, -0.1) is 11.3 Å². The molecule has 0 spiro atoms. The van der Waals surface area contributed by atoms with E-state index in [-0.39, 0.29) is 23.1 Å². The number of pyridine rings is 1. The van der Waals surface area contributed by atoms with Gasteiger partial charge >= 0.3 is 0 Å². The Morgan fingerprint density at radius 1 is 1.10 bits per heavy atom. The third-order valence-electron chi connectivity index (χ3n) is 6.12. The summed E-state index contributed by atoms with van der Waals surface area (Å²) in [6.45, 7) is 3.51. The van der Waals surface area contributed by atoms with E-state index in [9.17, 15) is 13.2 Å². The summed E-state index contributed by atoms with van der Waals surface area (Å²) in [5.74, 6) is 0.492. The molecule has 29 heavy (non-hydrogen) atoms. The second-order valence-electron chi connectivity index (χ2n) is 8.17. The van der Waals surface area contributed by atoms with E-state index in [2.05, 4.69) is 18.2 Å². The summed E-state index contributed by atoms with van der Waals surface area (Å²) in [5.41, 5.74) is 1.77. The number of hydrogen-bond donors (Lipinski definition) is 0. The zero-order valence-electron chi connectivity index (χ0n) is 16.4. The highest BCUT2D eigenvalue weighted by Gasteiger charge is 2.38. The van der Waals surface area contributed by atoms with E-state index < -0.39 is 10.0 Å². The molecular weight excluding hydrogens is 404 g/mol. The van der Waals surface area contributed by atoms with Crippen molar-refractivity contribution in [2.45, 2.75) is 32.2 Å². The topological polar surface area (TPSA) is 59.4 Å². The maximum Gasteiger partial charge on any atom is 0.259 e. The van der Waals surface area contributed by atoms with E-state index in [0.29, 0.717) is 26.1 Å². The first kappa shape index (κ1) is 19.0. The third kappa shape index (κ3) is 3.25. The Morgan fingerprint density at radius 3 is 2.72 bits per heavy atom. The smallest absolute Gasteiger partial charge is 0.259 e. The van der Waals surface area contributed by atoms with E-state index in [1.807, 2.05) is 35.8 Å². The fourth-order valence-electron chi connectivity index (χ4n) is 4.82. The largest absolute Gasteiger partial charge is 0.311 e. The minimum Gasteiger partial charge on any atom is -0.311 e. The zero-order valence-corrected chi connectivity index (χ0v) is 18.0. The first-order valence-corrected chi connectivity index (χ1v) is 12.6. The van der Waals surface area contributed by atoms with Gasteiger partial charge in [0.25, 0.3) is 5.56 Å². The molecule has 1 aromatic carbocycles. The lowest BCUT2D eigenvalue weighted by Gasteiger charge is -2.42. The number of rotatable bonds is 4. The molecule has 5 nitrogen and oxygen atoms in total. The van der Waals surface area contributed by atoms with Crippen molar-refractivity contribution in [2.24, 2.45) is 5.92 Å². The zero-order chi connectivity index (χ0) is 20.2. The lowest BCUT2D eigenvalue weighted by Crippen LogP contribution is -2.49. The molecular formula is C22H24N2O3S2. The van der Waals surface area contributed by atoms with Crippen LogP contribution in [-0.2, 0) is 16.6 Å².